The lowest BCUT2D eigenvalue weighted by atomic mass is 9.91. The van der Waals surface area contributed by atoms with Crippen molar-refractivity contribution in [3.05, 3.63) is 40.5 Å². The minimum absolute atomic E-state index is 0.00945. The second-order valence-electron chi connectivity index (χ2n) is 5.98. The average molecular weight is 368 g/mol. The summed E-state index contributed by atoms with van der Waals surface area (Å²) in [7, 11) is 0. The monoisotopic (exact) mass is 367 g/mol. The number of carbonyl (C=O) groups excluding carboxylic acids is 2. The van der Waals surface area contributed by atoms with E-state index in [1.807, 2.05) is 27.0 Å². The standard InChI is InChI=1S/C15H18BrN3O3/c1-15(2,3)13(20)7-17-14(21)12-5-4-11(22-12)9-19-8-10(16)6-18-19/h4-6,8H,7,9H2,1-3H3,(H,17,21). The molecule has 1 N–H and O–H groups in total. The van der Waals surface area contributed by atoms with Gasteiger partial charge in [0.15, 0.2) is 11.5 Å². The first-order valence-electron chi connectivity index (χ1n) is 6.84. The van der Waals surface area contributed by atoms with E-state index in [0.29, 0.717) is 12.3 Å². The fourth-order valence-corrected chi connectivity index (χ4v) is 2.01. The van der Waals surface area contributed by atoms with Gasteiger partial charge in [-0.1, -0.05) is 20.8 Å². The van der Waals surface area contributed by atoms with Gasteiger partial charge < -0.3 is 9.73 Å². The maximum absolute atomic E-state index is 12.0. The van der Waals surface area contributed by atoms with Crippen LogP contribution in [0.5, 0.6) is 0 Å². The predicted octanol–water partition coefficient (Wildman–Crippen LogP) is 2.63. The van der Waals surface area contributed by atoms with E-state index < -0.39 is 11.3 Å². The van der Waals surface area contributed by atoms with E-state index >= 15 is 0 Å². The molecular weight excluding hydrogens is 350 g/mol. The number of ketones is 1. The number of hydrogen-bond acceptors (Lipinski definition) is 4. The van der Waals surface area contributed by atoms with Crippen LogP contribution in [0, 0.1) is 5.41 Å². The number of halogens is 1. The molecule has 0 atom stereocenters. The number of hydrogen-bond donors (Lipinski definition) is 1. The van der Waals surface area contributed by atoms with Crippen LogP contribution in [0.1, 0.15) is 37.1 Å². The van der Waals surface area contributed by atoms with Gasteiger partial charge in [-0.15, -0.1) is 0 Å². The normalized spacial score (nSPS) is 11.5. The molecular formula is C15H18BrN3O3. The zero-order valence-electron chi connectivity index (χ0n) is 12.7. The topological polar surface area (TPSA) is 77.1 Å². The van der Waals surface area contributed by atoms with Crippen molar-refractivity contribution in [2.45, 2.75) is 27.3 Å². The molecule has 22 heavy (non-hydrogen) atoms. The van der Waals surface area contributed by atoms with Crippen LogP contribution >= 0.6 is 15.9 Å². The minimum atomic E-state index is -0.477. The van der Waals surface area contributed by atoms with Crippen molar-refractivity contribution in [3.63, 3.8) is 0 Å². The van der Waals surface area contributed by atoms with Crippen LogP contribution in [0.25, 0.3) is 0 Å². The number of rotatable bonds is 5. The number of amides is 1. The Balaban J connectivity index is 1.93. The molecule has 6 nitrogen and oxygen atoms in total. The van der Waals surface area contributed by atoms with E-state index in [4.69, 9.17) is 4.42 Å². The lowest BCUT2D eigenvalue weighted by molar-refractivity contribution is -0.125. The smallest absolute Gasteiger partial charge is 0.287 e. The van der Waals surface area contributed by atoms with Crippen LogP contribution in [0.3, 0.4) is 0 Å². The van der Waals surface area contributed by atoms with E-state index in [0.717, 1.165) is 4.47 Å². The van der Waals surface area contributed by atoms with E-state index in [9.17, 15) is 9.59 Å². The van der Waals surface area contributed by atoms with Gasteiger partial charge in [-0.3, -0.25) is 14.3 Å². The molecule has 2 heterocycles. The quantitative estimate of drug-likeness (QED) is 0.880. The highest BCUT2D eigenvalue weighted by Gasteiger charge is 2.22. The van der Waals surface area contributed by atoms with Crippen LogP contribution < -0.4 is 5.32 Å². The summed E-state index contributed by atoms with van der Waals surface area (Å²) in [5.74, 6) is 0.366. The van der Waals surface area contributed by atoms with Gasteiger partial charge in [0.2, 0.25) is 0 Å². The van der Waals surface area contributed by atoms with Gasteiger partial charge in [0.25, 0.3) is 5.91 Å². The summed E-state index contributed by atoms with van der Waals surface area (Å²) in [6, 6.07) is 3.31. The number of nitrogens with zero attached hydrogens (tertiary/aromatic N) is 2. The number of Topliss-reactive ketones (excluding diaryl/α,β-unsaturated/α-hetero) is 1. The zero-order valence-corrected chi connectivity index (χ0v) is 14.3. The molecule has 0 aliphatic rings. The largest absolute Gasteiger partial charge is 0.454 e. The molecule has 0 aliphatic heterocycles. The van der Waals surface area contributed by atoms with Crippen LogP contribution in [0.15, 0.2) is 33.4 Å². The van der Waals surface area contributed by atoms with Crippen molar-refractivity contribution in [2.24, 2.45) is 5.41 Å². The highest BCUT2D eigenvalue weighted by molar-refractivity contribution is 9.10. The Morgan fingerprint density at radius 3 is 2.68 bits per heavy atom. The second kappa shape index (κ2) is 6.48. The van der Waals surface area contributed by atoms with Crippen molar-refractivity contribution >= 4 is 27.6 Å². The Bertz CT molecular complexity index is 682. The van der Waals surface area contributed by atoms with Gasteiger partial charge in [0.1, 0.15) is 5.76 Å². The second-order valence-corrected chi connectivity index (χ2v) is 6.89. The van der Waals surface area contributed by atoms with E-state index in [-0.39, 0.29) is 18.1 Å². The van der Waals surface area contributed by atoms with Gasteiger partial charge in [0, 0.05) is 11.6 Å². The Kier molecular flexibility index (Phi) is 4.85. The van der Waals surface area contributed by atoms with E-state index in [1.54, 1.807) is 23.0 Å². The Morgan fingerprint density at radius 1 is 1.36 bits per heavy atom. The molecule has 7 heteroatoms. The molecule has 0 aromatic carbocycles. The highest BCUT2D eigenvalue weighted by Crippen LogP contribution is 2.14. The molecule has 2 aromatic heterocycles. The van der Waals surface area contributed by atoms with Gasteiger partial charge in [-0.25, -0.2) is 0 Å². The number of aromatic nitrogens is 2. The first-order chi connectivity index (χ1) is 10.3. The van der Waals surface area contributed by atoms with Crippen molar-refractivity contribution in [1.82, 2.24) is 15.1 Å². The first-order valence-corrected chi connectivity index (χ1v) is 7.63. The lowest BCUT2D eigenvalue weighted by Crippen LogP contribution is -2.35. The van der Waals surface area contributed by atoms with Crippen molar-refractivity contribution in [2.75, 3.05) is 6.54 Å². The number of carbonyl (C=O) groups is 2. The molecule has 0 fully saturated rings. The summed E-state index contributed by atoms with van der Waals surface area (Å²) in [5, 5.41) is 6.69. The molecule has 0 unspecified atom stereocenters. The molecule has 0 radical (unpaired) electrons. The third kappa shape index (κ3) is 4.30. The van der Waals surface area contributed by atoms with Crippen LogP contribution in [0.4, 0.5) is 0 Å². The first kappa shape index (κ1) is 16.5. The predicted molar refractivity (Wildman–Crippen MR) is 84.5 cm³/mol. The Labute approximate surface area is 137 Å². The summed E-state index contributed by atoms with van der Waals surface area (Å²) >= 11 is 3.31. The SMILES string of the molecule is CC(C)(C)C(=O)CNC(=O)c1ccc(Cn2cc(Br)cn2)o1. The molecule has 0 aliphatic carbocycles. The van der Waals surface area contributed by atoms with E-state index in [1.165, 1.54) is 0 Å². The molecule has 2 rings (SSSR count). The highest BCUT2D eigenvalue weighted by atomic mass is 79.9. The van der Waals surface area contributed by atoms with Gasteiger partial charge in [0.05, 0.1) is 23.8 Å². The van der Waals surface area contributed by atoms with E-state index in [2.05, 4.69) is 26.3 Å². The van der Waals surface area contributed by atoms with Gasteiger partial charge in [-0.2, -0.15) is 5.10 Å². The lowest BCUT2D eigenvalue weighted by Gasteiger charge is -2.16. The summed E-state index contributed by atoms with van der Waals surface area (Å²) in [6.07, 6.45) is 3.49. The minimum Gasteiger partial charge on any atom is -0.454 e. The van der Waals surface area contributed by atoms with Crippen LogP contribution in [-0.4, -0.2) is 28.0 Å². The Morgan fingerprint density at radius 2 is 2.09 bits per heavy atom. The Hall–Kier alpha value is -1.89. The van der Waals surface area contributed by atoms with Crippen LogP contribution in [0.2, 0.25) is 0 Å². The molecule has 0 saturated heterocycles. The summed E-state index contributed by atoms with van der Waals surface area (Å²) in [5.41, 5.74) is -0.477. The molecule has 0 saturated carbocycles. The van der Waals surface area contributed by atoms with Crippen LogP contribution in [-0.2, 0) is 11.3 Å². The third-order valence-corrected chi connectivity index (χ3v) is 3.46. The summed E-state index contributed by atoms with van der Waals surface area (Å²) < 4.78 is 8.04. The molecule has 0 spiro atoms. The van der Waals surface area contributed by atoms with Crippen molar-refractivity contribution in [1.29, 1.82) is 0 Å². The molecule has 0 bridgehead atoms. The molecule has 118 valence electrons. The fraction of sp³-hybridized carbons (Fsp3) is 0.400. The summed E-state index contributed by atoms with van der Waals surface area (Å²) in [4.78, 5) is 23.7. The maximum Gasteiger partial charge on any atom is 0.287 e. The van der Waals surface area contributed by atoms with Crippen molar-refractivity contribution < 1.29 is 14.0 Å². The third-order valence-electron chi connectivity index (χ3n) is 3.05. The molecule has 2 aromatic rings. The zero-order chi connectivity index (χ0) is 16.3. The van der Waals surface area contributed by atoms with Gasteiger partial charge >= 0.3 is 0 Å². The fourth-order valence-electron chi connectivity index (χ4n) is 1.68. The maximum atomic E-state index is 12.0. The summed E-state index contributed by atoms with van der Waals surface area (Å²) in [6.45, 7) is 5.86. The number of nitrogens with one attached hydrogen (secondary N) is 1. The molecule has 1 amide bonds. The number of furan rings is 1. The van der Waals surface area contributed by atoms with Gasteiger partial charge in [-0.05, 0) is 28.1 Å². The van der Waals surface area contributed by atoms with Crippen molar-refractivity contribution in [3.8, 4) is 0 Å². The average Bonchev–Trinajstić information content (AvgIpc) is 3.04.